The molecule has 3 aromatic rings. The molecule has 1 heterocycles. The molecule has 0 spiro atoms. The first-order valence-electron chi connectivity index (χ1n) is 8.62. The Morgan fingerprint density at radius 3 is 2.66 bits per heavy atom. The number of nitrogens with one attached hydrogen (secondary N) is 1. The fourth-order valence-electron chi connectivity index (χ4n) is 2.55. The highest BCUT2D eigenvalue weighted by atomic mass is 32.2. The third kappa shape index (κ3) is 4.68. The summed E-state index contributed by atoms with van der Waals surface area (Å²) in [6, 6.07) is 9.06. The first-order chi connectivity index (χ1) is 13.9. The highest BCUT2D eigenvalue weighted by Crippen LogP contribution is 2.29. The minimum absolute atomic E-state index is 0.122. The van der Waals surface area contributed by atoms with Gasteiger partial charge in [-0.2, -0.15) is 0 Å². The van der Waals surface area contributed by atoms with Crippen LogP contribution in [0.2, 0.25) is 0 Å². The predicted octanol–water partition coefficient (Wildman–Crippen LogP) is 4.67. The van der Waals surface area contributed by atoms with Gasteiger partial charge in [0.05, 0.1) is 16.5 Å². The van der Waals surface area contributed by atoms with E-state index in [1.807, 2.05) is 0 Å². The SMILES string of the molecule is C=CCn1c(SC(C)C(=O)Nc2ccc(F)cc2F)nnc1-c1ccccc1F. The van der Waals surface area contributed by atoms with Crippen molar-refractivity contribution < 1.29 is 18.0 Å². The number of nitrogens with zero attached hydrogens (tertiary/aromatic N) is 3. The number of carbonyl (C=O) groups is 1. The van der Waals surface area contributed by atoms with Crippen molar-refractivity contribution >= 4 is 23.4 Å². The number of rotatable bonds is 7. The Bertz CT molecular complexity index is 1050. The normalized spacial score (nSPS) is 11.9. The van der Waals surface area contributed by atoms with E-state index in [-0.39, 0.29) is 11.3 Å². The summed E-state index contributed by atoms with van der Waals surface area (Å²) in [6.45, 7) is 5.60. The van der Waals surface area contributed by atoms with Gasteiger partial charge in [0.25, 0.3) is 0 Å². The molecule has 1 amide bonds. The van der Waals surface area contributed by atoms with Crippen LogP contribution in [-0.4, -0.2) is 25.9 Å². The minimum Gasteiger partial charge on any atom is -0.323 e. The highest BCUT2D eigenvalue weighted by Gasteiger charge is 2.22. The maximum Gasteiger partial charge on any atom is 0.237 e. The lowest BCUT2D eigenvalue weighted by molar-refractivity contribution is -0.115. The molecule has 5 nitrogen and oxygen atoms in total. The van der Waals surface area contributed by atoms with Crippen LogP contribution in [0.3, 0.4) is 0 Å². The second kappa shape index (κ2) is 8.95. The zero-order chi connectivity index (χ0) is 21.0. The number of hydrogen-bond donors (Lipinski definition) is 1. The number of halogens is 3. The van der Waals surface area contributed by atoms with Gasteiger partial charge >= 0.3 is 0 Å². The van der Waals surface area contributed by atoms with Crippen LogP contribution in [0.25, 0.3) is 11.4 Å². The van der Waals surface area contributed by atoms with E-state index in [9.17, 15) is 18.0 Å². The molecule has 0 bridgehead atoms. The molecule has 2 aromatic carbocycles. The molecule has 150 valence electrons. The van der Waals surface area contributed by atoms with E-state index in [4.69, 9.17) is 0 Å². The van der Waals surface area contributed by atoms with Crippen LogP contribution in [0.5, 0.6) is 0 Å². The molecule has 0 fully saturated rings. The van der Waals surface area contributed by atoms with Crippen LogP contribution < -0.4 is 5.32 Å². The van der Waals surface area contributed by atoms with E-state index in [2.05, 4.69) is 22.1 Å². The van der Waals surface area contributed by atoms with Gasteiger partial charge in [-0.05, 0) is 31.2 Å². The van der Waals surface area contributed by atoms with Crippen molar-refractivity contribution in [3.63, 3.8) is 0 Å². The second-order valence-electron chi connectivity index (χ2n) is 6.06. The Hall–Kier alpha value is -3.07. The maximum absolute atomic E-state index is 14.2. The number of aromatic nitrogens is 3. The molecule has 1 aromatic heterocycles. The van der Waals surface area contributed by atoms with Crippen LogP contribution >= 0.6 is 11.8 Å². The third-order valence-corrected chi connectivity index (χ3v) is 5.06. The molecule has 0 saturated carbocycles. The molecule has 1 N–H and O–H groups in total. The lowest BCUT2D eigenvalue weighted by Crippen LogP contribution is -2.23. The predicted molar refractivity (Wildman–Crippen MR) is 106 cm³/mol. The Morgan fingerprint density at radius 2 is 1.97 bits per heavy atom. The zero-order valence-corrected chi connectivity index (χ0v) is 16.2. The van der Waals surface area contributed by atoms with Gasteiger partial charge in [-0.1, -0.05) is 30.0 Å². The van der Waals surface area contributed by atoms with Gasteiger partial charge in [-0.3, -0.25) is 9.36 Å². The molecule has 0 aliphatic heterocycles. The lowest BCUT2D eigenvalue weighted by Gasteiger charge is -2.13. The summed E-state index contributed by atoms with van der Waals surface area (Å²) in [7, 11) is 0. The average Bonchev–Trinajstić information content (AvgIpc) is 3.07. The minimum atomic E-state index is -0.868. The second-order valence-corrected chi connectivity index (χ2v) is 7.37. The van der Waals surface area contributed by atoms with Gasteiger partial charge < -0.3 is 5.32 Å². The maximum atomic E-state index is 14.2. The van der Waals surface area contributed by atoms with Gasteiger partial charge in [0, 0.05) is 12.6 Å². The van der Waals surface area contributed by atoms with Gasteiger partial charge in [-0.25, -0.2) is 13.2 Å². The number of anilines is 1. The van der Waals surface area contributed by atoms with Crippen molar-refractivity contribution in [2.45, 2.75) is 23.9 Å². The zero-order valence-electron chi connectivity index (χ0n) is 15.4. The number of amides is 1. The molecular weight excluding hydrogens is 401 g/mol. The monoisotopic (exact) mass is 418 g/mol. The van der Waals surface area contributed by atoms with Gasteiger partial charge in [0.15, 0.2) is 11.0 Å². The molecule has 3 rings (SSSR count). The first-order valence-corrected chi connectivity index (χ1v) is 9.50. The fraction of sp³-hybridized carbons (Fsp3) is 0.150. The van der Waals surface area contributed by atoms with Crippen molar-refractivity contribution in [1.29, 1.82) is 0 Å². The number of hydrogen-bond acceptors (Lipinski definition) is 4. The Balaban J connectivity index is 1.81. The Labute approximate surface area is 169 Å². The summed E-state index contributed by atoms with van der Waals surface area (Å²) >= 11 is 1.08. The first kappa shape index (κ1) is 20.7. The summed E-state index contributed by atoms with van der Waals surface area (Å²) in [5.41, 5.74) is 0.155. The summed E-state index contributed by atoms with van der Waals surface area (Å²) in [5, 5.41) is 10.2. The summed E-state index contributed by atoms with van der Waals surface area (Å²) in [6.07, 6.45) is 1.61. The van der Waals surface area contributed by atoms with Crippen LogP contribution in [-0.2, 0) is 11.3 Å². The molecular formula is C20H17F3N4OS. The van der Waals surface area contributed by atoms with E-state index in [0.29, 0.717) is 23.6 Å². The smallest absolute Gasteiger partial charge is 0.237 e. The van der Waals surface area contributed by atoms with Crippen LogP contribution in [0.4, 0.5) is 18.9 Å². The van der Waals surface area contributed by atoms with E-state index in [1.54, 1.807) is 35.8 Å². The third-order valence-electron chi connectivity index (χ3n) is 3.98. The molecule has 0 saturated heterocycles. The highest BCUT2D eigenvalue weighted by molar-refractivity contribution is 8.00. The number of thioether (sulfide) groups is 1. The van der Waals surface area contributed by atoms with E-state index in [0.717, 1.165) is 23.9 Å². The molecule has 29 heavy (non-hydrogen) atoms. The topological polar surface area (TPSA) is 59.8 Å². The van der Waals surface area contributed by atoms with Gasteiger partial charge in [0.1, 0.15) is 17.5 Å². The average molecular weight is 418 g/mol. The van der Waals surface area contributed by atoms with Crippen LogP contribution in [0.1, 0.15) is 6.92 Å². The van der Waals surface area contributed by atoms with Crippen molar-refractivity contribution in [2.75, 3.05) is 5.32 Å². The summed E-state index contributed by atoms with van der Waals surface area (Å²) in [5.74, 6) is -2.24. The van der Waals surface area contributed by atoms with Crippen molar-refractivity contribution in [1.82, 2.24) is 14.8 Å². The van der Waals surface area contributed by atoms with Crippen LogP contribution in [0, 0.1) is 17.5 Å². The standard InChI is InChI=1S/C20H17F3N4OS/c1-3-10-27-18(14-6-4-5-7-15(14)22)25-26-20(27)29-12(2)19(28)24-17-9-8-13(21)11-16(17)23/h3-9,11-12H,1,10H2,2H3,(H,24,28). The molecule has 0 aliphatic carbocycles. The van der Waals surface area contributed by atoms with E-state index >= 15 is 0 Å². The number of allylic oxidation sites excluding steroid dienone is 1. The van der Waals surface area contributed by atoms with Gasteiger partial charge in [0.2, 0.25) is 5.91 Å². The van der Waals surface area contributed by atoms with E-state index in [1.165, 1.54) is 6.07 Å². The van der Waals surface area contributed by atoms with Crippen molar-refractivity contribution in [3.8, 4) is 11.4 Å². The molecule has 1 unspecified atom stereocenters. The lowest BCUT2D eigenvalue weighted by atomic mass is 10.2. The fourth-order valence-corrected chi connectivity index (χ4v) is 3.41. The number of benzene rings is 2. The summed E-state index contributed by atoms with van der Waals surface area (Å²) in [4.78, 5) is 12.4. The van der Waals surface area contributed by atoms with Crippen molar-refractivity contribution in [2.24, 2.45) is 0 Å². The molecule has 9 heteroatoms. The molecule has 1 atom stereocenters. The van der Waals surface area contributed by atoms with Gasteiger partial charge in [-0.15, -0.1) is 16.8 Å². The molecule has 0 radical (unpaired) electrons. The van der Waals surface area contributed by atoms with E-state index < -0.39 is 28.6 Å². The number of carbonyl (C=O) groups excluding carboxylic acids is 1. The van der Waals surface area contributed by atoms with Crippen molar-refractivity contribution in [3.05, 3.63) is 72.6 Å². The molecule has 0 aliphatic rings. The Morgan fingerprint density at radius 1 is 1.21 bits per heavy atom. The van der Waals surface area contributed by atoms with Crippen LogP contribution in [0.15, 0.2) is 60.3 Å². The quantitative estimate of drug-likeness (QED) is 0.448. The Kier molecular flexibility index (Phi) is 6.38. The largest absolute Gasteiger partial charge is 0.323 e. The summed E-state index contributed by atoms with van der Waals surface area (Å²) < 4.78 is 42.6.